The largest absolute Gasteiger partial charge is 0.350 e. The van der Waals surface area contributed by atoms with Crippen molar-refractivity contribution in [2.45, 2.75) is 19.9 Å². The topological polar surface area (TPSA) is 41.1 Å². The molecule has 0 saturated carbocycles. The predicted octanol–water partition coefficient (Wildman–Crippen LogP) is 2.32. The third-order valence-electron chi connectivity index (χ3n) is 2.25. The highest BCUT2D eigenvalue weighted by Gasteiger charge is 2.09. The number of amides is 1. The molecular weight excluding hydrogens is 287 g/mol. The Kier molecular flexibility index (Phi) is 5.58. The van der Waals surface area contributed by atoms with Gasteiger partial charge in [-0.05, 0) is 31.7 Å². The van der Waals surface area contributed by atoms with E-state index >= 15 is 0 Å². The summed E-state index contributed by atoms with van der Waals surface area (Å²) >= 11 is 3.15. The van der Waals surface area contributed by atoms with Gasteiger partial charge in [-0.2, -0.15) is 0 Å². The molecule has 0 aliphatic carbocycles. The lowest BCUT2D eigenvalue weighted by Crippen LogP contribution is -2.38. The average molecular weight is 303 g/mol. The Morgan fingerprint density at radius 2 is 2.18 bits per heavy atom. The molecule has 0 spiro atoms. The van der Waals surface area contributed by atoms with Crippen LogP contribution in [-0.4, -0.2) is 25.0 Å². The van der Waals surface area contributed by atoms with Crippen molar-refractivity contribution in [2.24, 2.45) is 0 Å². The Bertz CT molecular complexity index is 378. The van der Waals surface area contributed by atoms with Crippen molar-refractivity contribution in [1.29, 1.82) is 0 Å². The fraction of sp³-hybridized carbons (Fsp3) is 0.417. The fourth-order valence-corrected chi connectivity index (χ4v) is 1.92. The van der Waals surface area contributed by atoms with E-state index in [1.165, 1.54) is 12.1 Å². The number of halogens is 2. The average Bonchev–Trinajstić information content (AvgIpc) is 2.25. The molecule has 94 valence electrons. The second-order valence-electron chi connectivity index (χ2n) is 3.83. The summed E-state index contributed by atoms with van der Waals surface area (Å²) in [6.07, 6.45) is 0. The number of nitrogens with one attached hydrogen (secondary N) is 2. The van der Waals surface area contributed by atoms with Gasteiger partial charge in [-0.3, -0.25) is 4.79 Å². The summed E-state index contributed by atoms with van der Waals surface area (Å²) in [4.78, 5) is 11.7. The van der Waals surface area contributed by atoms with Crippen LogP contribution >= 0.6 is 15.9 Å². The summed E-state index contributed by atoms with van der Waals surface area (Å²) in [6, 6.07) is 4.33. The van der Waals surface area contributed by atoms with Gasteiger partial charge < -0.3 is 10.6 Å². The summed E-state index contributed by atoms with van der Waals surface area (Å²) in [5.41, 5.74) is 0.320. The Morgan fingerprint density at radius 3 is 2.76 bits per heavy atom. The highest BCUT2D eigenvalue weighted by atomic mass is 79.9. The smallest absolute Gasteiger partial charge is 0.251 e. The van der Waals surface area contributed by atoms with Gasteiger partial charge in [0.05, 0.1) is 0 Å². The van der Waals surface area contributed by atoms with Crippen molar-refractivity contribution in [3.8, 4) is 0 Å². The molecule has 1 amide bonds. The quantitative estimate of drug-likeness (QED) is 0.876. The van der Waals surface area contributed by atoms with E-state index in [2.05, 4.69) is 26.6 Å². The van der Waals surface area contributed by atoms with E-state index < -0.39 is 5.82 Å². The van der Waals surface area contributed by atoms with Crippen LogP contribution in [0, 0.1) is 5.82 Å². The van der Waals surface area contributed by atoms with E-state index in [9.17, 15) is 9.18 Å². The number of hydrogen-bond acceptors (Lipinski definition) is 2. The first-order valence-corrected chi connectivity index (χ1v) is 6.30. The van der Waals surface area contributed by atoms with Gasteiger partial charge in [-0.1, -0.05) is 22.9 Å². The van der Waals surface area contributed by atoms with Crippen LogP contribution < -0.4 is 10.6 Å². The van der Waals surface area contributed by atoms with Crippen molar-refractivity contribution in [2.75, 3.05) is 13.1 Å². The van der Waals surface area contributed by atoms with Crippen LogP contribution in [-0.2, 0) is 0 Å². The number of benzene rings is 1. The second-order valence-corrected chi connectivity index (χ2v) is 4.74. The molecule has 0 aliphatic heterocycles. The molecule has 1 rings (SSSR count). The maximum atomic E-state index is 13.1. The molecule has 0 fully saturated rings. The highest BCUT2D eigenvalue weighted by Crippen LogP contribution is 2.14. The van der Waals surface area contributed by atoms with Crippen molar-refractivity contribution in [3.63, 3.8) is 0 Å². The zero-order valence-corrected chi connectivity index (χ0v) is 11.5. The minimum atomic E-state index is -0.427. The lowest BCUT2D eigenvalue weighted by molar-refractivity contribution is 0.0949. The first-order valence-electron chi connectivity index (χ1n) is 5.50. The molecule has 1 aromatic rings. The Labute approximate surface area is 109 Å². The standard InChI is InChI=1S/C12H16BrFN2O/c1-3-15-8(2)7-16-12(17)9-4-10(13)6-11(14)5-9/h4-6,8,15H,3,7H2,1-2H3,(H,16,17)/t8-/m1/s1. The molecule has 0 bridgehead atoms. The van der Waals surface area contributed by atoms with Crippen LogP contribution in [0.3, 0.4) is 0 Å². The van der Waals surface area contributed by atoms with Gasteiger partial charge in [0.25, 0.3) is 5.91 Å². The molecule has 0 aliphatic rings. The first kappa shape index (κ1) is 14.1. The summed E-state index contributed by atoms with van der Waals surface area (Å²) in [7, 11) is 0. The molecule has 1 atom stereocenters. The van der Waals surface area contributed by atoms with Crippen molar-refractivity contribution < 1.29 is 9.18 Å². The lowest BCUT2D eigenvalue weighted by Gasteiger charge is -2.13. The van der Waals surface area contributed by atoms with Gasteiger partial charge >= 0.3 is 0 Å². The van der Waals surface area contributed by atoms with E-state index in [0.717, 1.165) is 6.54 Å². The maximum absolute atomic E-state index is 13.1. The highest BCUT2D eigenvalue weighted by molar-refractivity contribution is 9.10. The zero-order chi connectivity index (χ0) is 12.8. The van der Waals surface area contributed by atoms with Crippen LogP contribution in [0.4, 0.5) is 4.39 Å². The van der Waals surface area contributed by atoms with Gasteiger partial charge in [0.2, 0.25) is 0 Å². The minimum Gasteiger partial charge on any atom is -0.350 e. The van der Waals surface area contributed by atoms with Crippen molar-refractivity contribution in [1.82, 2.24) is 10.6 Å². The van der Waals surface area contributed by atoms with Crippen LogP contribution in [0.1, 0.15) is 24.2 Å². The van der Waals surface area contributed by atoms with Crippen LogP contribution in [0.2, 0.25) is 0 Å². The van der Waals surface area contributed by atoms with Crippen LogP contribution in [0.25, 0.3) is 0 Å². The molecule has 0 unspecified atom stereocenters. The summed E-state index contributed by atoms with van der Waals surface area (Å²) < 4.78 is 13.6. The normalized spacial score (nSPS) is 12.2. The van der Waals surface area contributed by atoms with Crippen molar-refractivity contribution >= 4 is 21.8 Å². The molecule has 5 heteroatoms. The molecular formula is C12H16BrFN2O. The number of carbonyl (C=O) groups is 1. The zero-order valence-electron chi connectivity index (χ0n) is 9.89. The molecule has 3 nitrogen and oxygen atoms in total. The molecule has 0 radical (unpaired) electrons. The first-order chi connectivity index (χ1) is 8.02. The third kappa shape index (κ3) is 4.83. The van der Waals surface area contributed by atoms with Gasteiger partial charge in [0.1, 0.15) is 5.82 Å². The van der Waals surface area contributed by atoms with Crippen molar-refractivity contribution in [3.05, 3.63) is 34.1 Å². The van der Waals surface area contributed by atoms with Gasteiger partial charge in [0, 0.05) is 22.6 Å². The number of hydrogen-bond donors (Lipinski definition) is 2. The summed E-state index contributed by atoms with van der Waals surface area (Å²) in [6.45, 7) is 5.34. The molecule has 0 heterocycles. The fourth-order valence-electron chi connectivity index (χ4n) is 1.45. The van der Waals surface area contributed by atoms with E-state index in [0.29, 0.717) is 16.6 Å². The molecule has 2 N–H and O–H groups in total. The number of carbonyl (C=O) groups excluding carboxylic acids is 1. The van der Waals surface area contributed by atoms with Crippen LogP contribution in [0.5, 0.6) is 0 Å². The van der Waals surface area contributed by atoms with Gasteiger partial charge in [-0.25, -0.2) is 4.39 Å². The monoisotopic (exact) mass is 302 g/mol. The molecule has 1 aromatic carbocycles. The third-order valence-corrected chi connectivity index (χ3v) is 2.70. The summed E-state index contributed by atoms with van der Waals surface area (Å²) in [5.74, 6) is -0.695. The van der Waals surface area contributed by atoms with Gasteiger partial charge in [0.15, 0.2) is 0 Å². The predicted molar refractivity (Wildman–Crippen MR) is 69.6 cm³/mol. The molecule has 0 saturated heterocycles. The Balaban J connectivity index is 2.58. The molecule has 0 aromatic heterocycles. The summed E-state index contributed by atoms with van der Waals surface area (Å²) in [5, 5.41) is 5.93. The maximum Gasteiger partial charge on any atom is 0.251 e. The molecule has 17 heavy (non-hydrogen) atoms. The lowest BCUT2D eigenvalue weighted by atomic mass is 10.2. The van der Waals surface area contributed by atoms with Gasteiger partial charge in [-0.15, -0.1) is 0 Å². The van der Waals surface area contributed by atoms with Crippen LogP contribution in [0.15, 0.2) is 22.7 Å². The second kappa shape index (κ2) is 6.71. The SMILES string of the molecule is CCN[C@H](C)CNC(=O)c1cc(F)cc(Br)c1. The Morgan fingerprint density at radius 1 is 1.47 bits per heavy atom. The van der Waals surface area contributed by atoms with E-state index in [1.54, 1.807) is 6.07 Å². The van der Waals surface area contributed by atoms with E-state index in [1.807, 2.05) is 13.8 Å². The van der Waals surface area contributed by atoms with E-state index in [4.69, 9.17) is 0 Å². The minimum absolute atomic E-state index is 0.195. The number of rotatable bonds is 5. The number of likely N-dealkylation sites (N-methyl/N-ethyl adjacent to an activating group) is 1. The Hall–Kier alpha value is -0.940. The van der Waals surface area contributed by atoms with E-state index in [-0.39, 0.29) is 11.9 Å².